The highest BCUT2D eigenvalue weighted by atomic mass is 16.5. The minimum atomic E-state index is -0.596. The van der Waals surface area contributed by atoms with Gasteiger partial charge >= 0.3 is 0 Å². The van der Waals surface area contributed by atoms with Gasteiger partial charge in [-0.05, 0) is 54.7 Å². The summed E-state index contributed by atoms with van der Waals surface area (Å²) in [6.07, 6.45) is 0.725. The average Bonchev–Trinajstić information content (AvgIpc) is 2.76. The van der Waals surface area contributed by atoms with Gasteiger partial charge in [-0.2, -0.15) is 0 Å². The normalized spacial score (nSPS) is 16.6. The number of rotatable bonds is 6. The lowest BCUT2D eigenvalue weighted by molar-refractivity contribution is -0.137. The van der Waals surface area contributed by atoms with E-state index in [1.165, 1.54) is 0 Å². The number of nitrogens with zero attached hydrogens (tertiary/aromatic N) is 1. The predicted octanol–water partition coefficient (Wildman–Crippen LogP) is 3.60. The first-order chi connectivity index (χ1) is 14.4. The van der Waals surface area contributed by atoms with Gasteiger partial charge in [-0.3, -0.25) is 9.59 Å². The van der Waals surface area contributed by atoms with Crippen molar-refractivity contribution < 1.29 is 19.1 Å². The first kappa shape index (κ1) is 21.7. The topological polar surface area (TPSA) is 67.9 Å². The Bertz CT molecular complexity index is 911. The zero-order chi connectivity index (χ0) is 21.8. The highest BCUT2D eigenvalue weighted by molar-refractivity contribution is 5.97. The Morgan fingerprint density at radius 1 is 1.07 bits per heavy atom. The van der Waals surface area contributed by atoms with Crippen LogP contribution in [0, 0.1) is 5.92 Å². The number of fused-ring (bicyclic) bond motifs is 1. The van der Waals surface area contributed by atoms with E-state index in [4.69, 9.17) is 9.47 Å². The number of methoxy groups -OCH3 is 2. The smallest absolute Gasteiger partial charge is 0.251 e. The zero-order valence-electron chi connectivity index (χ0n) is 18.3. The van der Waals surface area contributed by atoms with Crippen molar-refractivity contribution in [2.75, 3.05) is 20.8 Å². The van der Waals surface area contributed by atoms with Crippen LogP contribution >= 0.6 is 0 Å². The molecule has 160 valence electrons. The fourth-order valence-corrected chi connectivity index (χ4v) is 3.95. The molecule has 3 rings (SSSR count). The number of nitrogens with one attached hydrogen (secondary N) is 1. The van der Waals surface area contributed by atoms with Gasteiger partial charge in [0.25, 0.3) is 5.91 Å². The lowest BCUT2D eigenvalue weighted by Gasteiger charge is -2.38. The van der Waals surface area contributed by atoms with Gasteiger partial charge < -0.3 is 19.7 Å². The molecule has 2 amide bonds. The number of benzene rings is 2. The molecular formula is C24H30N2O4. The fraction of sp³-hybridized carbons (Fsp3) is 0.417. The molecule has 0 radical (unpaired) electrons. The van der Waals surface area contributed by atoms with Crippen LogP contribution in [0.25, 0.3) is 0 Å². The summed E-state index contributed by atoms with van der Waals surface area (Å²) in [6, 6.07) is 12.2. The molecule has 2 aromatic rings. The van der Waals surface area contributed by atoms with E-state index in [0.717, 1.165) is 17.5 Å². The summed E-state index contributed by atoms with van der Waals surface area (Å²) in [6.45, 7) is 6.50. The van der Waals surface area contributed by atoms with Crippen molar-refractivity contribution in [2.45, 2.75) is 39.3 Å². The Kier molecular flexibility index (Phi) is 6.65. The Morgan fingerprint density at radius 2 is 1.70 bits per heavy atom. The molecule has 1 N–H and O–H groups in total. The molecule has 0 spiro atoms. The summed E-state index contributed by atoms with van der Waals surface area (Å²) < 4.78 is 10.9. The molecule has 6 nitrogen and oxygen atoms in total. The summed E-state index contributed by atoms with van der Waals surface area (Å²) in [5, 5.41) is 2.94. The van der Waals surface area contributed by atoms with Crippen molar-refractivity contribution in [2.24, 2.45) is 5.92 Å². The van der Waals surface area contributed by atoms with E-state index >= 15 is 0 Å². The van der Waals surface area contributed by atoms with E-state index in [2.05, 4.69) is 5.32 Å². The lowest BCUT2D eigenvalue weighted by atomic mass is 9.91. The second-order valence-electron chi connectivity index (χ2n) is 7.92. The van der Waals surface area contributed by atoms with E-state index in [-0.39, 0.29) is 23.8 Å². The van der Waals surface area contributed by atoms with Crippen LogP contribution in [0.3, 0.4) is 0 Å². The van der Waals surface area contributed by atoms with Crippen LogP contribution in [0.2, 0.25) is 0 Å². The highest BCUT2D eigenvalue weighted by Crippen LogP contribution is 2.38. The third-order valence-electron chi connectivity index (χ3n) is 5.72. The maximum absolute atomic E-state index is 13.5. The van der Waals surface area contributed by atoms with Gasteiger partial charge in [-0.15, -0.1) is 0 Å². The Balaban J connectivity index is 1.83. The molecular weight excluding hydrogens is 380 g/mol. The van der Waals surface area contributed by atoms with Gasteiger partial charge in [0.1, 0.15) is 6.04 Å². The van der Waals surface area contributed by atoms with Crippen LogP contribution in [0.5, 0.6) is 11.5 Å². The van der Waals surface area contributed by atoms with Gasteiger partial charge in [-0.25, -0.2) is 0 Å². The lowest BCUT2D eigenvalue weighted by Crippen LogP contribution is -2.53. The van der Waals surface area contributed by atoms with Crippen LogP contribution in [0.4, 0.5) is 0 Å². The molecule has 0 aromatic heterocycles. The van der Waals surface area contributed by atoms with E-state index in [0.29, 0.717) is 23.6 Å². The van der Waals surface area contributed by atoms with Gasteiger partial charge in [0.15, 0.2) is 11.5 Å². The minimum absolute atomic E-state index is 0.0378. The summed E-state index contributed by atoms with van der Waals surface area (Å²) in [5.74, 6) is 0.999. The van der Waals surface area contributed by atoms with Crippen LogP contribution in [-0.2, 0) is 11.2 Å². The van der Waals surface area contributed by atoms with Crippen LogP contribution in [-0.4, -0.2) is 43.5 Å². The van der Waals surface area contributed by atoms with Crippen molar-refractivity contribution in [3.63, 3.8) is 0 Å². The summed E-state index contributed by atoms with van der Waals surface area (Å²) in [7, 11) is 3.23. The van der Waals surface area contributed by atoms with Gasteiger partial charge in [0.05, 0.1) is 20.3 Å². The third-order valence-corrected chi connectivity index (χ3v) is 5.72. The van der Waals surface area contributed by atoms with Gasteiger partial charge in [0, 0.05) is 12.1 Å². The van der Waals surface area contributed by atoms with Crippen molar-refractivity contribution >= 4 is 11.8 Å². The van der Waals surface area contributed by atoms with Gasteiger partial charge in [-0.1, -0.05) is 32.0 Å². The Hall–Kier alpha value is -3.02. The quantitative estimate of drug-likeness (QED) is 0.790. The first-order valence-corrected chi connectivity index (χ1v) is 10.3. The molecule has 0 aliphatic carbocycles. The van der Waals surface area contributed by atoms with Crippen LogP contribution in [0.15, 0.2) is 42.5 Å². The molecule has 30 heavy (non-hydrogen) atoms. The second-order valence-corrected chi connectivity index (χ2v) is 7.92. The van der Waals surface area contributed by atoms with Crippen molar-refractivity contribution in [1.82, 2.24) is 10.2 Å². The standard InChI is InChI=1S/C24H30N2O4/c1-15(2)22(25-23(27)17-9-7-6-8-10-17)24(28)26-12-11-18-13-20(29-4)21(30-5)14-19(18)16(26)3/h6-10,13-16,22H,11-12H2,1-5H3,(H,25,27)/t16-,22+/m0/s1. The van der Waals surface area contributed by atoms with Crippen LogP contribution in [0.1, 0.15) is 48.3 Å². The molecule has 6 heteroatoms. The zero-order valence-corrected chi connectivity index (χ0v) is 18.3. The molecule has 0 fully saturated rings. The van der Waals surface area contributed by atoms with Crippen molar-refractivity contribution in [3.05, 3.63) is 59.2 Å². The average molecular weight is 411 g/mol. The number of amides is 2. The van der Waals surface area contributed by atoms with E-state index in [1.54, 1.807) is 26.4 Å². The number of hydrogen-bond donors (Lipinski definition) is 1. The van der Waals surface area contributed by atoms with Gasteiger partial charge in [0.2, 0.25) is 5.91 Å². The summed E-state index contributed by atoms with van der Waals surface area (Å²) in [5.41, 5.74) is 2.74. The van der Waals surface area contributed by atoms with Crippen molar-refractivity contribution in [1.29, 1.82) is 0 Å². The first-order valence-electron chi connectivity index (χ1n) is 10.3. The molecule has 0 unspecified atom stereocenters. The monoisotopic (exact) mass is 410 g/mol. The third kappa shape index (κ3) is 4.27. The van der Waals surface area contributed by atoms with E-state index in [1.807, 2.05) is 56.0 Å². The number of carbonyl (C=O) groups excluding carboxylic acids is 2. The number of ether oxygens (including phenoxy) is 2. The minimum Gasteiger partial charge on any atom is -0.493 e. The number of hydrogen-bond acceptors (Lipinski definition) is 4. The molecule has 2 aromatic carbocycles. The molecule has 0 saturated heterocycles. The maximum atomic E-state index is 13.5. The molecule has 1 aliphatic heterocycles. The largest absolute Gasteiger partial charge is 0.493 e. The van der Waals surface area contributed by atoms with E-state index < -0.39 is 6.04 Å². The maximum Gasteiger partial charge on any atom is 0.251 e. The Labute approximate surface area is 178 Å². The fourth-order valence-electron chi connectivity index (χ4n) is 3.95. The molecule has 1 aliphatic rings. The van der Waals surface area contributed by atoms with E-state index in [9.17, 15) is 9.59 Å². The SMILES string of the molecule is COc1cc2c(cc1OC)[C@H](C)N(C(=O)[C@H](NC(=O)c1ccccc1)C(C)C)CC2. The van der Waals surface area contributed by atoms with Crippen molar-refractivity contribution in [3.8, 4) is 11.5 Å². The van der Waals surface area contributed by atoms with Crippen LogP contribution < -0.4 is 14.8 Å². The molecule has 0 bridgehead atoms. The highest BCUT2D eigenvalue weighted by Gasteiger charge is 2.35. The predicted molar refractivity (Wildman–Crippen MR) is 116 cm³/mol. The number of carbonyl (C=O) groups is 2. The summed E-state index contributed by atoms with van der Waals surface area (Å²) in [4.78, 5) is 28.0. The molecule has 0 saturated carbocycles. The second kappa shape index (κ2) is 9.20. The summed E-state index contributed by atoms with van der Waals surface area (Å²) >= 11 is 0. The molecule has 1 heterocycles. The Morgan fingerprint density at radius 3 is 2.30 bits per heavy atom. The molecule has 2 atom stereocenters.